The lowest BCUT2D eigenvalue weighted by Crippen LogP contribution is -2.34. The first kappa shape index (κ1) is 31.9. The normalized spacial score (nSPS) is 8.86. The summed E-state index contributed by atoms with van der Waals surface area (Å²) < 4.78 is 4.79. The van der Waals surface area contributed by atoms with Crippen molar-refractivity contribution in [2.24, 2.45) is 5.73 Å². The topological polar surface area (TPSA) is 103 Å². The van der Waals surface area contributed by atoms with Crippen molar-refractivity contribution in [3.05, 3.63) is 16.1 Å². The first-order valence-corrected chi connectivity index (χ1v) is 11.3. The smallest absolute Gasteiger partial charge is 0.357 e. The number of amides is 1. The Labute approximate surface area is 181 Å². The minimum atomic E-state index is -0.543. The van der Waals surface area contributed by atoms with Crippen LogP contribution >= 0.6 is 11.3 Å². The van der Waals surface area contributed by atoms with Crippen LogP contribution in [0.4, 0.5) is 0 Å². The standard InChI is InChI=1S/C12H17N3O4S.C4H10.C3H8.C2H6/c1-3-19-12(18)8-7-20-11(14-8)9(16)4-5-15(2)10(17)6-13;1-3-4-2;1-3-2;1-2/h7H,3-6,13H2,1-2H3;3-4H2,1-2H3;3H2,1-2H3;1-2H3. The highest BCUT2D eigenvalue weighted by molar-refractivity contribution is 7.11. The van der Waals surface area contributed by atoms with Gasteiger partial charge < -0.3 is 15.4 Å². The third-order valence-electron chi connectivity index (χ3n) is 3.00. The molecule has 0 unspecified atom stereocenters. The highest BCUT2D eigenvalue weighted by Gasteiger charge is 2.17. The number of likely N-dealkylation sites (N-methyl/N-ethyl adjacent to an activating group) is 1. The number of esters is 1. The number of hydrogen-bond donors (Lipinski definition) is 1. The number of unbranched alkanes of at least 4 members (excludes halogenated alkanes) is 1. The Balaban J connectivity index is -0.000000639. The van der Waals surface area contributed by atoms with Crippen molar-refractivity contribution in [1.29, 1.82) is 0 Å². The number of thiazole rings is 1. The number of Topliss-reactive ketones (excluding diaryl/α,β-unsaturated/α-hetero) is 1. The molecule has 0 spiro atoms. The second kappa shape index (κ2) is 22.5. The number of aromatic nitrogens is 1. The minimum absolute atomic E-state index is 0.0883. The summed E-state index contributed by atoms with van der Waals surface area (Å²) in [5.41, 5.74) is 5.35. The van der Waals surface area contributed by atoms with Crippen LogP contribution in [0.15, 0.2) is 5.38 Å². The van der Waals surface area contributed by atoms with Gasteiger partial charge in [-0.05, 0) is 6.92 Å². The molecule has 0 saturated heterocycles. The number of carbonyl (C=O) groups excluding carboxylic acids is 3. The number of nitrogens with zero attached hydrogens (tertiary/aromatic N) is 2. The van der Waals surface area contributed by atoms with E-state index in [9.17, 15) is 14.4 Å². The van der Waals surface area contributed by atoms with Crippen molar-refractivity contribution in [2.75, 3.05) is 26.7 Å². The predicted molar refractivity (Wildman–Crippen MR) is 122 cm³/mol. The monoisotopic (exact) mass is 431 g/mol. The van der Waals surface area contributed by atoms with Gasteiger partial charge in [0, 0.05) is 25.4 Å². The molecule has 1 aromatic heterocycles. The zero-order valence-corrected chi connectivity index (χ0v) is 20.4. The molecular formula is C21H41N3O4S. The maximum atomic E-state index is 11.9. The summed E-state index contributed by atoms with van der Waals surface area (Å²) >= 11 is 1.09. The Kier molecular flexibility index (Phi) is 24.7. The van der Waals surface area contributed by atoms with E-state index < -0.39 is 5.97 Å². The molecule has 1 amide bonds. The van der Waals surface area contributed by atoms with Crippen LogP contribution < -0.4 is 5.73 Å². The van der Waals surface area contributed by atoms with Crippen LogP contribution in [-0.4, -0.2) is 54.3 Å². The molecule has 170 valence electrons. The van der Waals surface area contributed by atoms with Crippen molar-refractivity contribution in [3.63, 3.8) is 0 Å². The molecule has 0 radical (unpaired) electrons. The van der Waals surface area contributed by atoms with E-state index in [-0.39, 0.29) is 48.5 Å². The van der Waals surface area contributed by atoms with E-state index in [1.165, 1.54) is 29.5 Å². The van der Waals surface area contributed by atoms with Crippen LogP contribution in [0.3, 0.4) is 0 Å². The van der Waals surface area contributed by atoms with Gasteiger partial charge in [0.25, 0.3) is 0 Å². The largest absolute Gasteiger partial charge is 0.461 e. The van der Waals surface area contributed by atoms with Gasteiger partial charge in [0.05, 0.1) is 13.2 Å². The van der Waals surface area contributed by atoms with Gasteiger partial charge in [0.1, 0.15) is 0 Å². The van der Waals surface area contributed by atoms with Crippen LogP contribution in [0.2, 0.25) is 0 Å². The number of rotatable bonds is 8. The third kappa shape index (κ3) is 16.8. The van der Waals surface area contributed by atoms with E-state index >= 15 is 0 Å². The molecule has 29 heavy (non-hydrogen) atoms. The van der Waals surface area contributed by atoms with Gasteiger partial charge in [0.15, 0.2) is 16.5 Å². The summed E-state index contributed by atoms with van der Waals surface area (Å²) in [5, 5.41) is 1.72. The Morgan fingerprint density at radius 2 is 1.62 bits per heavy atom. The van der Waals surface area contributed by atoms with Crippen molar-refractivity contribution < 1.29 is 19.1 Å². The lowest BCUT2D eigenvalue weighted by molar-refractivity contribution is -0.128. The van der Waals surface area contributed by atoms with Crippen molar-refractivity contribution in [2.45, 2.75) is 74.1 Å². The molecular weight excluding hydrogens is 390 g/mol. The van der Waals surface area contributed by atoms with Crippen LogP contribution in [-0.2, 0) is 9.53 Å². The van der Waals surface area contributed by atoms with E-state index in [0.717, 1.165) is 11.3 Å². The molecule has 1 rings (SSSR count). The number of carbonyl (C=O) groups is 3. The summed E-state index contributed by atoms with van der Waals surface area (Å²) in [5.74, 6) is -0.996. The highest BCUT2D eigenvalue weighted by Crippen LogP contribution is 2.13. The second-order valence-electron chi connectivity index (χ2n) is 5.66. The SMILES string of the molecule is CC.CCC.CCCC.CCOC(=O)c1csc(C(=O)CCN(C)C(=O)CN)n1. The highest BCUT2D eigenvalue weighted by atomic mass is 32.1. The Hall–Kier alpha value is -1.80. The van der Waals surface area contributed by atoms with E-state index in [1.54, 1.807) is 14.0 Å². The molecule has 7 nitrogen and oxygen atoms in total. The third-order valence-corrected chi connectivity index (χ3v) is 3.89. The summed E-state index contributed by atoms with van der Waals surface area (Å²) in [6.45, 7) is 14.7. The molecule has 1 aromatic rings. The molecule has 2 N–H and O–H groups in total. The molecule has 0 aliphatic rings. The van der Waals surface area contributed by atoms with Gasteiger partial charge in [-0.25, -0.2) is 9.78 Å². The summed E-state index contributed by atoms with van der Waals surface area (Å²) in [6.07, 6.45) is 4.03. The van der Waals surface area contributed by atoms with Gasteiger partial charge in [-0.1, -0.05) is 60.8 Å². The fourth-order valence-corrected chi connectivity index (χ4v) is 2.11. The zero-order chi connectivity index (χ0) is 23.2. The molecule has 0 aromatic carbocycles. The number of nitrogens with two attached hydrogens (primary N) is 1. The van der Waals surface area contributed by atoms with Gasteiger partial charge in [-0.15, -0.1) is 11.3 Å². The van der Waals surface area contributed by atoms with E-state index in [4.69, 9.17) is 10.5 Å². The molecule has 8 heteroatoms. The van der Waals surface area contributed by atoms with Gasteiger partial charge in [-0.3, -0.25) is 9.59 Å². The van der Waals surface area contributed by atoms with Crippen molar-refractivity contribution in [3.8, 4) is 0 Å². The van der Waals surface area contributed by atoms with E-state index in [1.807, 2.05) is 13.8 Å². The van der Waals surface area contributed by atoms with Crippen LogP contribution in [0.25, 0.3) is 0 Å². The van der Waals surface area contributed by atoms with Crippen LogP contribution in [0, 0.1) is 0 Å². The number of ketones is 1. The minimum Gasteiger partial charge on any atom is -0.461 e. The lowest BCUT2D eigenvalue weighted by Gasteiger charge is -2.14. The van der Waals surface area contributed by atoms with E-state index in [0.29, 0.717) is 0 Å². The van der Waals surface area contributed by atoms with Crippen LogP contribution in [0.1, 0.15) is 94.4 Å². The summed E-state index contributed by atoms with van der Waals surface area (Å²) in [6, 6.07) is 0. The van der Waals surface area contributed by atoms with Gasteiger partial charge >= 0.3 is 5.97 Å². The summed E-state index contributed by atoms with van der Waals surface area (Å²) in [7, 11) is 1.58. The fourth-order valence-electron chi connectivity index (χ4n) is 1.36. The zero-order valence-electron chi connectivity index (χ0n) is 19.5. The Morgan fingerprint density at radius 1 is 1.10 bits per heavy atom. The maximum absolute atomic E-state index is 11.9. The molecule has 0 aliphatic carbocycles. The lowest BCUT2D eigenvalue weighted by atomic mass is 10.3. The number of hydrogen-bond acceptors (Lipinski definition) is 7. The fraction of sp³-hybridized carbons (Fsp3) is 0.714. The van der Waals surface area contributed by atoms with Crippen LogP contribution in [0.5, 0.6) is 0 Å². The van der Waals surface area contributed by atoms with Crippen molar-refractivity contribution in [1.82, 2.24) is 9.88 Å². The average molecular weight is 432 g/mol. The Bertz CT molecular complexity index is 546. The number of ether oxygens (including phenoxy) is 1. The predicted octanol–water partition coefficient (Wildman–Crippen LogP) is 4.56. The van der Waals surface area contributed by atoms with Crippen molar-refractivity contribution >= 4 is 29.0 Å². The molecule has 1 heterocycles. The average Bonchev–Trinajstić information content (AvgIpc) is 3.24. The maximum Gasteiger partial charge on any atom is 0.357 e. The van der Waals surface area contributed by atoms with E-state index in [2.05, 4.69) is 32.7 Å². The molecule has 0 bridgehead atoms. The molecule has 0 aliphatic heterocycles. The van der Waals surface area contributed by atoms with Gasteiger partial charge in [-0.2, -0.15) is 0 Å². The molecule has 0 atom stereocenters. The first-order chi connectivity index (χ1) is 13.8. The second-order valence-corrected chi connectivity index (χ2v) is 6.52. The quantitative estimate of drug-likeness (QED) is 0.478. The molecule has 0 fully saturated rings. The first-order valence-electron chi connectivity index (χ1n) is 10.4. The summed E-state index contributed by atoms with van der Waals surface area (Å²) in [4.78, 5) is 39.9. The molecule has 0 saturated carbocycles. The van der Waals surface area contributed by atoms with Gasteiger partial charge in [0.2, 0.25) is 5.91 Å². The Morgan fingerprint density at radius 3 is 2.03 bits per heavy atom.